The summed E-state index contributed by atoms with van der Waals surface area (Å²) in [7, 11) is 0. The smallest absolute Gasteiger partial charge is 0.227 e. The van der Waals surface area contributed by atoms with Crippen LogP contribution in [-0.4, -0.2) is 11.7 Å². The average molecular weight is 313 g/mol. The molecule has 1 aromatic carbocycles. The second-order valence-corrected chi connectivity index (χ2v) is 8.18. The van der Waals surface area contributed by atoms with Gasteiger partial charge in [0.1, 0.15) is 5.78 Å². The van der Waals surface area contributed by atoms with E-state index < -0.39 is 0 Å². The van der Waals surface area contributed by atoms with Crippen molar-refractivity contribution in [1.82, 2.24) is 0 Å². The van der Waals surface area contributed by atoms with Crippen LogP contribution in [0.25, 0.3) is 0 Å². The Labute approximate surface area is 138 Å². The lowest BCUT2D eigenvalue weighted by Crippen LogP contribution is -2.40. The van der Waals surface area contributed by atoms with Crippen molar-refractivity contribution < 1.29 is 9.59 Å². The minimum absolute atomic E-state index is 0.0110. The highest BCUT2D eigenvalue weighted by molar-refractivity contribution is 5.95. The number of amides is 1. The van der Waals surface area contributed by atoms with Gasteiger partial charge in [-0.05, 0) is 42.7 Å². The second-order valence-electron chi connectivity index (χ2n) is 8.18. The van der Waals surface area contributed by atoms with Gasteiger partial charge in [-0.15, -0.1) is 0 Å². The minimum Gasteiger partial charge on any atom is -0.326 e. The van der Waals surface area contributed by atoms with E-state index in [1.165, 1.54) is 0 Å². The number of ketones is 1. The lowest BCUT2D eigenvalue weighted by molar-refractivity contribution is -0.136. The summed E-state index contributed by atoms with van der Waals surface area (Å²) in [5.41, 5.74) is 2.05. The predicted molar refractivity (Wildman–Crippen MR) is 92.3 cm³/mol. The van der Waals surface area contributed by atoms with Crippen molar-refractivity contribution in [2.75, 3.05) is 5.32 Å². The molecule has 3 nitrogen and oxygen atoms in total. The topological polar surface area (TPSA) is 46.2 Å². The molecule has 1 N–H and O–H groups in total. The van der Waals surface area contributed by atoms with E-state index in [4.69, 9.17) is 0 Å². The Morgan fingerprint density at radius 1 is 1.09 bits per heavy atom. The summed E-state index contributed by atoms with van der Waals surface area (Å²) >= 11 is 0. The van der Waals surface area contributed by atoms with E-state index in [9.17, 15) is 9.59 Å². The molecule has 0 spiro atoms. The highest BCUT2D eigenvalue weighted by Crippen LogP contribution is 2.40. The highest BCUT2D eigenvalue weighted by Gasteiger charge is 2.41. The lowest BCUT2D eigenvalue weighted by Gasteiger charge is -2.37. The van der Waals surface area contributed by atoms with E-state index >= 15 is 0 Å². The number of benzene rings is 1. The van der Waals surface area contributed by atoms with Crippen molar-refractivity contribution >= 4 is 17.4 Å². The molecule has 0 aromatic heterocycles. The van der Waals surface area contributed by atoms with Crippen LogP contribution in [0.5, 0.6) is 0 Å². The monoisotopic (exact) mass is 313 g/mol. The molecule has 1 aromatic rings. The number of fused-ring (bicyclic) bond motifs is 2. The molecule has 3 heteroatoms. The van der Waals surface area contributed by atoms with Crippen molar-refractivity contribution in [1.29, 1.82) is 0 Å². The van der Waals surface area contributed by atoms with E-state index in [0.717, 1.165) is 43.4 Å². The third-order valence-corrected chi connectivity index (χ3v) is 5.41. The normalized spacial score (nSPS) is 27.6. The number of hydrogen-bond donors (Lipinski definition) is 1. The van der Waals surface area contributed by atoms with Gasteiger partial charge in [0.2, 0.25) is 5.91 Å². The van der Waals surface area contributed by atoms with Crippen LogP contribution in [0.3, 0.4) is 0 Å². The van der Waals surface area contributed by atoms with Crippen LogP contribution in [0.1, 0.15) is 58.4 Å². The maximum atomic E-state index is 12.8. The van der Waals surface area contributed by atoms with Crippen molar-refractivity contribution in [3.63, 3.8) is 0 Å². The maximum Gasteiger partial charge on any atom is 0.227 e. The van der Waals surface area contributed by atoms with Crippen molar-refractivity contribution in [2.24, 2.45) is 17.8 Å². The van der Waals surface area contributed by atoms with Gasteiger partial charge in [-0.25, -0.2) is 0 Å². The summed E-state index contributed by atoms with van der Waals surface area (Å²) in [6, 6.07) is 8.03. The quantitative estimate of drug-likeness (QED) is 0.884. The van der Waals surface area contributed by atoms with Gasteiger partial charge in [0.15, 0.2) is 0 Å². The SMILES string of the molecule is CC(C)(C)c1ccccc1NC(=O)C1CC2CCCC(C1)C2=O. The summed E-state index contributed by atoms with van der Waals surface area (Å²) in [5.74, 6) is 0.727. The molecule has 0 heterocycles. The van der Waals surface area contributed by atoms with Crippen LogP contribution in [0.4, 0.5) is 5.69 Å². The zero-order valence-electron chi connectivity index (χ0n) is 14.4. The number of anilines is 1. The number of carbonyl (C=O) groups is 2. The Hall–Kier alpha value is -1.64. The fourth-order valence-electron chi connectivity index (χ4n) is 4.17. The van der Waals surface area contributed by atoms with Crippen LogP contribution in [0, 0.1) is 17.8 Å². The number of carbonyl (C=O) groups excluding carboxylic acids is 2. The third-order valence-electron chi connectivity index (χ3n) is 5.41. The lowest BCUT2D eigenvalue weighted by atomic mass is 9.67. The first-order valence-corrected chi connectivity index (χ1v) is 8.80. The minimum atomic E-state index is -0.0176. The molecule has 2 saturated carbocycles. The van der Waals surface area contributed by atoms with Gasteiger partial charge < -0.3 is 5.32 Å². The molecule has 1 amide bonds. The van der Waals surface area contributed by atoms with Gasteiger partial charge in [-0.1, -0.05) is 45.4 Å². The standard InChI is InChI=1S/C20H27NO2/c1-20(2,3)16-9-4-5-10-17(16)21-19(23)15-11-13-7-6-8-14(12-15)18(13)22/h4-5,9-10,13-15H,6-8,11-12H2,1-3H3,(H,21,23). The molecule has 2 atom stereocenters. The number of para-hydroxylation sites is 1. The van der Waals surface area contributed by atoms with Gasteiger partial charge >= 0.3 is 0 Å². The van der Waals surface area contributed by atoms with Crippen LogP contribution in [0.15, 0.2) is 24.3 Å². The number of hydrogen-bond acceptors (Lipinski definition) is 2. The molecule has 3 rings (SSSR count). The Morgan fingerprint density at radius 3 is 2.30 bits per heavy atom. The summed E-state index contributed by atoms with van der Waals surface area (Å²) < 4.78 is 0. The third kappa shape index (κ3) is 3.34. The Balaban J connectivity index is 1.74. The van der Waals surface area contributed by atoms with Gasteiger partial charge in [-0.3, -0.25) is 9.59 Å². The number of rotatable bonds is 2. The number of nitrogens with one attached hydrogen (secondary N) is 1. The zero-order valence-corrected chi connectivity index (χ0v) is 14.4. The first-order valence-electron chi connectivity index (χ1n) is 8.80. The number of Topliss-reactive ketones (excluding diaryl/α,β-unsaturated/α-hetero) is 1. The largest absolute Gasteiger partial charge is 0.326 e. The van der Waals surface area contributed by atoms with E-state index in [0.29, 0.717) is 5.78 Å². The molecule has 23 heavy (non-hydrogen) atoms. The zero-order chi connectivity index (χ0) is 16.6. The first kappa shape index (κ1) is 16.2. The molecule has 2 unspecified atom stereocenters. The Bertz CT molecular complexity index is 598. The summed E-state index contributed by atoms with van der Waals surface area (Å²) in [4.78, 5) is 25.0. The van der Waals surface area contributed by atoms with Gasteiger partial charge in [0.25, 0.3) is 0 Å². The van der Waals surface area contributed by atoms with E-state index in [1.54, 1.807) is 0 Å². The summed E-state index contributed by atoms with van der Waals surface area (Å²) in [6.45, 7) is 6.46. The molecule has 2 bridgehead atoms. The van der Waals surface area contributed by atoms with E-state index in [-0.39, 0.29) is 29.1 Å². The second kappa shape index (κ2) is 6.10. The van der Waals surface area contributed by atoms with E-state index in [2.05, 4.69) is 32.2 Å². The fraction of sp³-hybridized carbons (Fsp3) is 0.600. The highest BCUT2D eigenvalue weighted by atomic mass is 16.2. The predicted octanol–water partition coefficient (Wildman–Crippen LogP) is 4.32. The summed E-state index contributed by atoms with van der Waals surface area (Å²) in [5, 5.41) is 3.14. The fourth-order valence-corrected chi connectivity index (χ4v) is 4.17. The van der Waals surface area contributed by atoms with Crippen molar-refractivity contribution in [2.45, 2.75) is 58.3 Å². The molecule has 0 aliphatic heterocycles. The summed E-state index contributed by atoms with van der Waals surface area (Å²) in [6.07, 6.45) is 4.55. The van der Waals surface area contributed by atoms with Gasteiger partial charge in [0, 0.05) is 23.4 Å². The molecule has 124 valence electrons. The molecular weight excluding hydrogens is 286 g/mol. The van der Waals surface area contributed by atoms with Crippen LogP contribution in [-0.2, 0) is 15.0 Å². The maximum absolute atomic E-state index is 12.8. The average Bonchev–Trinajstić information content (AvgIpc) is 2.46. The van der Waals surface area contributed by atoms with Gasteiger partial charge in [0.05, 0.1) is 0 Å². The van der Waals surface area contributed by atoms with Gasteiger partial charge in [-0.2, -0.15) is 0 Å². The van der Waals surface area contributed by atoms with Crippen molar-refractivity contribution in [3.8, 4) is 0 Å². The Kier molecular flexibility index (Phi) is 4.31. The first-order chi connectivity index (χ1) is 10.9. The van der Waals surface area contributed by atoms with Crippen molar-refractivity contribution in [3.05, 3.63) is 29.8 Å². The van der Waals surface area contributed by atoms with E-state index in [1.807, 2.05) is 18.2 Å². The molecule has 0 radical (unpaired) electrons. The molecule has 2 fully saturated rings. The van der Waals surface area contributed by atoms with Crippen LogP contribution >= 0.6 is 0 Å². The molecule has 2 aliphatic rings. The van der Waals surface area contributed by atoms with Crippen LogP contribution in [0.2, 0.25) is 0 Å². The Morgan fingerprint density at radius 2 is 1.70 bits per heavy atom. The molecule has 0 saturated heterocycles. The molecule has 2 aliphatic carbocycles. The molecular formula is C20H27NO2. The van der Waals surface area contributed by atoms with Crippen LogP contribution < -0.4 is 5.32 Å².